The molecule has 1 atom stereocenters. The van der Waals surface area contributed by atoms with Gasteiger partial charge in [-0.25, -0.2) is 9.37 Å². The molecule has 0 saturated carbocycles. The van der Waals surface area contributed by atoms with E-state index in [0.717, 1.165) is 16.9 Å². The maximum Gasteiger partial charge on any atom is 0.128 e. The number of halogens is 2. The Morgan fingerprint density at radius 3 is 2.81 bits per heavy atom. The third kappa shape index (κ3) is 2.64. The molecule has 0 bridgehead atoms. The van der Waals surface area contributed by atoms with E-state index in [-0.39, 0.29) is 5.82 Å². The summed E-state index contributed by atoms with van der Waals surface area (Å²) in [6.07, 6.45) is 0.447. The Bertz CT molecular complexity index is 797. The van der Waals surface area contributed by atoms with Crippen LogP contribution in [0.1, 0.15) is 17.4 Å². The number of nitrogens with zero attached hydrogens (tertiary/aromatic N) is 2. The van der Waals surface area contributed by atoms with Gasteiger partial charge < -0.3 is 10.3 Å². The Morgan fingerprint density at radius 1 is 1.29 bits per heavy atom. The summed E-state index contributed by atoms with van der Waals surface area (Å²) in [6.45, 7) is 0. The summed E-state index contributed by atoms with van der Waals surface area (Å²) in [5, 5.41) is 0.479. The summed E-state index contributed by atoms with van der Waals surface area (Å²) in [4.78, 5) is 4.56. The zero-order valence-corrected chi connectivity index (χ0v) is 12.3. The molecule has 2 aromatic carbocycles. The number of imidazole rings is 1. The quantitative estimate of drug-likeness (QED) is 0.803. The van der Waals surface area contributed by atoms with Crippen molar-refractivity contribution < 1.29 is 4.39 Å². The van der Waals surface area contributed by atoms with Crippen LogP contribution in [-0.4, -0.2) is 9.55 Å². The average molecular weight is 304 g/mol. The summed E-state index contributed by atoms with van der Waals surface area (Å²) < 4.78 is 15.8. The van der Waals surface area contributed by atoms with Crippen LogP contribution in [0.4, 0.5) is 4.39 Å². The zero-order chi connectivity index (χ0) is 15.0. The molecule has 0 aliphatic heterocycles. The lowest BCUT2D eigenvalue weighted by Crippen LogP contribution is -2.17. The molecule has 5 heteroatoms. The summed E-state index contributed by atoms with van der Waals surface area (Å²) >= 11 is 5.92. The largest absolute Gasteiger partial charge is 0.331 e. The highest BCUT2D eigenvalue weighted by atomic mass is 35.5. The van der Waals surface area contributed by atoms with Gasteiger partial charge in [0.15, 0.2) is 0 Å². The van der Waals surface area contributed by atoms with Crippen LogP contribution in [0.5, 0.6) is 0 Å². The van der Waals surface area contributed by atoms with Crippen molar-refractivity contribution in [3.05, 3.63) is 64.7 Å². The molecule has 0 radical (unpaired) electrons. The van der Waals surface area contributed by atoms with Crippen molar-refractivity contribution in [2.45, 2.75) is 12.5 Å². The molecule has 2 N–H and O–H groups in total. The molecule has 0 aliphatic rings. The third-order valence-corrected chi connectivity index (χ3v) is 3.87. The first kappa shape index (κ1) is 14.0. The summed E-state index contributed by atoms with van der Waals surface area (Å²) in [7, 11) is 1.94. The molecule has 21 heavy (non-hydrogen) atoms. The third-order valence-electron chi connectivity index (χ3n) is 3.64. The minimum Gasteiger partial charge on any atom is -0.331 e. The van der Waals surface area contributed by atoms with Crippen molar-refractivity contribution in [2.75, 3.05) is 0 Å². The Kier molecular flexibility index (Phi) is 3.66. The fourth-order valence-corrected chi connectivity index (χ4v) is 2.66. The minimum atomic E-state index is -0.487. The van der Waals surface area contributed by atoms with Gasteiger partial charge in [-0.2, -0.15) is 0 Å². The standard InChI is InChI=1S/C16H15ClFN3/c1-21-15-5-3-2-4-14(15)20-16(21)9-13(19)11-8-10(17)6-7-12(11)18/h2-8,13H,9,19H2,1H3. The van der Waals surface area contributed by atoms with Crippen LogP contribution in [0.25, 0.3) is 11.0 Å². The Hall–Kier alpha value is -1.91. The van der Waals surface area contributed by atoms with E-state index in [1.165, 1.54) is 12.1 Å². The topological polar surface area (TPSA) is 43.8 Å². The maximum absolute atomic E-state index is 13.9. The van der Waals surface area contributed by atoms with Gasteiger partial charge in [0.2, 0.25) is 0 Å². The van der Waals surface area contributed by atoms with Gasteiger partial charge in [-0.3, -0.25) is 0 Å². The van der Waals surface area contributed by atoms with Crippen molar-refractivity contribution in [3.63, 3.8) is 0 Å². The van der Waals surface area contributed by atoms with Crippen LogP contribution >= 0.6 is 11.6 Å². The van der Waals surface area contributed by atoms with Crippen LogP contribution in [0.2, 0.25) is 5.02 Å². The van der Waals surface area contributed by atoms with Crippen LogP contribution < -0.4 is 5.73 Å². The number of aromatic nitrogens is 2. The van der Waals surface area contributed by atoms with E-state index in [0.29, 0.717) is 17.0 Å². The second-order valence-corrected chi connectivity index (χ2v) is 5.49. The number of hydrogen-bond acceptors (Lipinski definition) is 2. The van der Waals surface area contributed by atoms with E-state index >= 15 is 0 Å². The van der Waals surface area contributed by atoms with Gasteiger partial charge in [0.1, 0.15) is 11.6 Å². The van der Waals surface area contributed by atoms with Crippen molar-refractivity contribution in [2.24, 2.45) is 12.8 Å². The molecule has 3 rings (SSSR count). The first-order chi connectivity index (χ1) is 10.1. The molecule has 0 fully saturated rings. The summed E-state index contributed by atoms with van der Waals surface area (Å²) in [5.41, 5.74) is 8.49. The van der Waals surface area contributed by atoms with Gasteiger partial charge in [-0.15, -0.1) is 0 Å². The molecule has 0 spiro atoms. The van der Waals surface area contributed by atoms with E-state index in [1.807, 2.05) is 35.9 Å². The maximum atomic E-state index is 13.9. The fraction of sp³-hybridized carbons (Fsp3) is 0.188. The normalized spacial score (nSPS) is 12.8. The molecule has 1 aromatic heterocycles. The molecule has 0 saturated heterocycles. The lowest BCUT2D eigenvalue weighted by molar-refractivity contribution is 0.571. The van der Waals surface area contributed by atoms with Gasteiger partial charge in [0.05, 0.1) is 11.0 Å². The molecule has 1 heterocycles. The van der Waals surface area contributed by atoms with Gasteiger partial charge in [0, 0.05) is 30.1 Å². The van der Waals surface area contributed by atoms with E-state index in [9.17, 15) is 4.39 Å². The van der Waals surface area contributed by atoms with E-state index in [2.05, 4.69) is 4.98 Å². The number of nitrogens with two attached hydrogens (primary N) is 1. The van der Waals surface area contributed by atoms with Crippen molar-refractivity contribution in [1.82, 2.24) is 9.55 Å². The van der Waals surface area contributed by atoms with Gasteiger partial charge in [-0.05, 0) is 30.3 Å². The number of para-hydroxylation sites is 2. The van der Waals surface area contributed by atoms with Crippen LogP contribution in [0.3, 0.4) is 0 Å². The van der Waals surface area contributed by atoms with E-state index in [4.69, 9.17) is 17.3 Å². The second kappa shape index (κ2) is 5.47. The van der Waals surface area contributed by atoms with Crippen molar-refractivity contribution in [3.8, 4) is 0 Å². The van der Waals surface area contributed by atoms with Gasteiger partial charge in [-0.1, -0.05) is 23.7 Å². The Labute approximate surface area is 127 Å². The number of rotatable bonds is 3. The number of benzene rings is 2. The summed E-state index contributed by atoms with van der Waals surface area (Å²) in [6, 6.07) is 11.8. The van der Waals surface area contributed by atoms with E-state index in [1.54, 1.807) is 6.07 Å². The first-order valence-corrected chi connectivity index (χ1v) is 7.05. The SMILES string of the molecule is Cn1c(CC(N)c2cc(Cl)ccc2F)nc2ccccc21. The van der Waals surface area contributed by atoms with Crippen molar-refractivity contribution >= 4 is 22.6 Å². The Morgan fingerprint density at radius 2 is 2.05 bits per heavy atom. The Balaban J connectivity index is 1.94. The summed E-state index contributed by atoms with van der Waals surface area (Å²) in [5.74, 6) is 0.480. The highest BCUT2D eigenvalue weighted by Crippen LogP contribution is 2.24. The molecule has 3 aromatic rings. The molecule has 3 nitrogen and oxygen atoms in total. The lowest BCUT2D eigenvalue weighted by Gasteiger charge is -2.13. The highest BCUT2D eigenvalue weighted by Gasteiger charge is 2.16. The lowest BCUT2D eigenvalue weighted by atomic mass is 10.0. The molecule has 1 unspecified atom stereocenters. The fourth-order valence-electron chi connectivity index (χ4n) is 2.48. The highest BCUT2D eigenvalue weighted by molar-refractivity contribution is 6.30. The predicted octanol–water partition coefficient (Wildman–Crippen LogP) is 3.61. The van der Waals surface area contributed by atoms with Gasteiger partial charge in [0.25, 0.3) is 0 Å². The zero-order valence-electron chi connectivity index (χ0n) is 11.6. The number of fused-ring (bicyclic) bond motifs is 1. The molecule has 0 amide bonds. The molecule has 0 aliphatic carbocycles. The molecular weight excluding hydrogens is 289 g/mol. The second-order valence-electron chi connectivity index (χ2n) is 5.05. The van der Waals surface area contributed by atoms with Crippen LogP contribution in [0.15, 0.2) is 42.5 Å². The molecule has 108 valence electrons. The van der Waals surface area contributed by atoms with E-state index < -0.39 is 6.04 Å². The molecular formula is C16H15ClFN3. The number of hydrogen-bond donors (Lipinski definition) is 1. The van der Waals surface area contributed by atoms with Crippen molar-refractivity contribution in [1.29, 1.82) is 0 Å². The monoisotopic (exact) mass is 303 g/mol. The average Bonchev–Trinajstić information content (AvgIpc) is 2.78. The van der Waals surface area contributed by atoms with Crippen LogP contribution in [0, 0.1) is 5.82 Å². The first-order valence-electron chi connectivity index (χ1n) is 6.67. The smallest absolute Gasteiger partial charge is 0.128 e. The van der Waals surface area contributed by atoms with Crippen LogP contribution in [-0.2, 0) is 13.5 Å². The van der Waals surface area contributed by atoms with Gasteiger partial charge >= 0.3 is 0 Å². The minimum absolute atomic E-state index is 0.342. The predicted molar refractivity (Wildman–Crippen MR) is 82.8 cm³/mol. The number of aryl methyl sites for hydroxylation is 1.